The Morgan fingerprint density at radius 3 is 2.47 bits per heavy atom. The summed E-state index contributed by atoms with van der Waals surface area (Å²) in [7, 11) is 0. The lowest BCUT2D eigenvalue weighted by atomic mass is 10.1. The van der Waals surface area contributed by atoms with Gasteiger partial charge in [-0.1, -0.05) is 37.3 Å². The number of hydrogen-bond acceptors (Lipinski definition) is 2. The van der Waals surface area contributed by atoms with Crippen molar-refractivity contribution in [2.45, 2.75) is 32.7 Å². The van der Waals surface area contributed by atoms with Crippen molar-refractivity contribution in [1.82, 2.24) is 4.90 Å². The molecule has 0 aliphatic rings. The van der Waals surface area contributed by atoms with Crippen LogP contribution in [0.5, 0.6) is 0 Å². The quantitative estimate of drug-likeness (QED) is 0.816. The second-order valence-corrected chi connectivity index (χ2v) is 4.21. The van der Waals surface area contributed by atoms with Crippen molar-refractivity contribution < 1.29 is 4.79 Å². The van der Waals surface area contributed by atoms with Crippen molar-refractivity contribution >= 4 is 5.91 Å². The SMILES string of the molecule is CCCN(CC)C(=O)[C@H](N)Cc1ccccc1. The maximum atomic E-state index is 12.1. The standard InChI is InChI=1S/C14H22N2O/c1-3-10-16(4-2)14(17)13(15)11-12-8-6-5-7-9-12/h5-9,13H,3-4,10-11,15H2,1-2H3/t13-/m1/s1. The molecule has 0 saturated carbocycles. The predicted molar refractivity (Wildman–Crippen MR) is 70.7 cm³/mol. The van der Waals surface area contributed by atoms with Gasteiger partial charge < -0.3 is 10.6 Å². The van der Waals surface area contributed by atoms with E-state index in [2.05, 4.69) is 6.92 Å². The second-order valence-electron chi connectivity index (χ2n) is 4.21. The smallest absolute Gasteiger partial charge is 0.239 e. The van der Waals surface area contributed by atoms with Gasteiger partial charge in [-0.2, -0.15) is 0 Å². The van der Waals surface area contributed by atoms with E-state index < -0.39 is 6.04 Å². The normalized spacial score (nSPS) is 12.2. The van der Waals surface area contributed by atoms with Crippen molar-refractivity contribution in [3.05, 3.63) is 35.9 Å². The highest BCUT2D eigenvalue weighted by atomic mass is 16.2. The van der Waals surface area contributed by atoms with E-state index in [-0.39, 0.29) is 5.91 Å². The Balaban J connectivity index is 2.57. The van der Waals surface area contributed by atoms with Gasteiger partial charge in [0, 0.05) is 13.1 Å². The van der Waals surface area contributed by atoms with E-state index in [0.717, 1.165) is 25.1 Å². The van der Waals surface area contributed by atoms with E-state index in [0.29, 0.717) is 6.42 Å². The maximum Gasteiger partial charge on any atom is 0.239 e. The van der Waals surface area contributed by atoms with Gasteiger partial charge >= 0.3 is 0 Å². The summed E-state index contributed by atoms with van der Waals surface area (Å²) in [4.78, 5) is 13.9. The van der Waals surface area contributed by atoms with Crippen molar-refractivity contribution in [3.63, 3.8) is 0 Å². The van der Waals surface area contributed by atoms with Crippen molar-refractivity contribution in [2.75, 3.05) is 13.1 Å². The summed E-state index contributed by atoms with van der Waals surface area (Å²) in [6.07, 6.45) is 1.58. The lowest BCUT2D eigenvalue weighted by Gasteiger charge is -2.23. The topological polar surface area (TPSA) is 46.3 Å². The van der Waals surface area contributed by atoms with Crippen LogP contribution in [0.1, 0.15) is 25.8 Å². The molecule has 17 heavy (non-hydrogen) atoms. The van der Waals surface area contributed by atoms with E-state index in [1.54, 1.807) is 0 Å². The van der Waals surface area contributed by atoms with Crippen LogP contribution in [0, 0.1) is 0 Å². The molecule has 1 aromatic rings. The van der Waals surface area contributed by atoms with Crippen LogP contribution in [0.25, 0.3) is 0 Å². The van der Waals surface area contributed by atoms with Gasteiger partial charge in [0.25, 0.3) is 0 Å². The number of hydrogen-bond donors (Lipinski definition) is 1. The number of nitrogens with zero attached hydrogens (tertiary/aromatic N) is 1. The molecule has 2 N–H and O–H groups in total. The van der Waals surface area contributed by atoms with Crippen LogP contribution in [0.3, 0.4) is 0 Å². The third kappa shape index (κ3) is 4.19. The molecule has 0 spiro atoms. The van der Waals surface area contributed by atoms with Gasteiger partial charge in [0.15, 0.2) is 0 Å². The van der Waals surface area contributed by atoms with Gasteiger partial charge in [-0.25, -0.2) is 0 Å². The van der Waals surface area contributed by atoms with Crippen LogP contribution < -0.4 is 5.73 Å². The fraction of sp³-hybridized carbons (Fsp3) is 0.500. The number of benzene rings is 1. The lowest BCUT2D eigenvalue weighted by molar-refractivity contribution is -0.132. The molecule has 0 unspecified atom stereocenters. The van der Waals surface area contributed by atoms with Crippen molar-refractivity contribution in [1.29, 1.82) is 0 Å². The van der Waals surface area contributed by atoms with E-state index in [4.69, 9.17) is 5.73 Å². The first-order valence-electron chi connectivity index (χ1n) is 6.27. The molecule has 1 atom stereocenters. The summed E-state index contributed by atoms with van der Waals surface area (Å²) in [5.41, 5.74) is 7.08. The minimum Gasteiger partial charge on any atom is -0.342 e. The van der Waals surface area contributed by atoms with Gasteiger partial charge in [-0.15, -0.1) is 0 Å². The molecule has 0 aliphatic carbocycles. The molecule has 0 radical (unpaired) electrons. The minimum absolute atomic E-state index is 0.0539. The van der Waals surface area contributed by atoms with E-state index in [1.807, 2.05) is 42.2 Å². The van der Waals surface area contributed by atoms with Crippen LogP contribution in [0.4, 0.5) is 0 Å². The van der Waals surface area contributed by atoms with E-state index in [1.165, 1.54) is 0 Å². The second kappa shape index (κ2) is 7.07. The van der Waals surface area contributed by atoms with E-state index >= 15 is 0 Å². The monoisotopic (exact) mass is 234 g/mol. The molecule has 3 heteroatoms. The number of amides is 1. The van der Waals surface area contributed by atoms with Crippen molar-refractivity contribution in [2.24, 2.45) is 5.73 Å². The first-order chi connectivity index (χ1) is 8.19. The van der Waals surface area contributed by atoms with Crippen molar-refractivity contribution in [3.8, 4) is 0 Å². The molecule has 0 fully saturated rings. The average Bonchev–Trinajstić information content (AvgIpc) is 2.36. The molecular formula is C14H22N2O. The van der Waals surface area contributed by atoms with Crippen LogP contribution >= 0.6 is 0 Å². The Bertz CT molecular complexity index is 337. The zero-order valence-corrected chi connectivity index (χ0v) is 10.7. The van der Waals surface area contributed by atoms with Crippen LogP contribution in [-0.4, -0.2) is 29.9 Å². The first kappa shape index (κ1) is 13.7. The zero-order chi connectivity index (χ0) is 12.7. The molecule has 0 heterocycles. The van der Waals surface area contributed by atoms with Crippen LogP contribution in [0.15, 0.2) is 30.3 Å². The van der Waals surface area contributed by atoms with Crippen LogP contribution in [0.2, 0.25) is 0 Å². The Morgan fingerprint density at radius 2 is 1.94 bits per heavy atom. The molecule has 0 saturated heterocycles. The average molecular weight is 234 g/mol. The molecule has 0 aliphatic heterocycles. The summed E-state index contributed by atoms with van der Waals surface area (Å²) >= 11 is 0. The highest BCUT2D eigenvalue weighted by Gasteiger charge is 2.19. The zero-order valence-electron chi connectivity index (χ0n) is 10.7. The number of carbonyl (C=O) groups is 1. The summed E-state index contributed by atoms with van der Waals surface area (Å²) in [5, 5.41) is 0. The summed E-state index contributed by atoms with van der Waals surface area (Å²) in [6.45, 7) is 5.58. The molecule has 1 amide bonds. The molecule has 0 aromatic heterocycles. The fourth-order valence-electron chi connectivity index (χ4n) is 1.88. The lowest BCUT2D eigenvalue weighted by Crippen LogP contribution is -2.45. The molecule has 1 aromatic carbocycles. The molecule has 94 valence electrons. The molecule has 3 nitrogen and oxygen atoms in total. The summed E-state index contributed by atoms with van der Waals surface area (Å²) in [5.74, 6) is 0.0539. The highest BCUT2D eigenvalue weighted by molar-refractivity contribution is 5.81. The molecular weight excluding hydrogens is 212 g/mol. The third-order valence-corrected chi connectivity index (χ3v) is 2.80. The minimum atomic E-state index is -0.427. The number of carbonyl (C=O) groups excluding carboxylic acids is 1. The predicted octanol–water partition coefficient (Wildman–Crippen LogP) is 1.81. The molecule has 1 rings (SSSR count). The highest BCUT2D eigenvalue weighted by Crippen LogP contribution is 2.04. The van der Waals surface area contributed by atoms with Gasteiger partial charge in [-0.3, -0.25) is 4.79 Å². The Labute approximate surface area is 104 Å². The Kier molecular flexibility index (Phi) is 5.70. The summed E-state index contributed by atoms with van der Waals surface area (Å²) in [6, 6.07) is 9.48. The number of rotatable bonds is 6. The van der Waals surface area contributed by atoms with E-state index in [9.17, 15) is 4.79 Å². The van der Waals surface area contributed by atoms with Gasteiger partial charge in [0.05, 0.1) is 6.04 Å². The third-order valence-electron chi connectivity index (χ3n) is 2.80. The maximum absolute atomic E-state index is 12.1. The van der Waals surface area contributed by atoms with Gasteiger partial charge in [-0.05, 0) is 25.3 Å². The molecule has 0 bridgehead atoms. The van der Waals surface area contributed by atoms with Gasteiger partial charge in [0.1, 0.15) is 0 Å². The fourth-order valence-corrected chi connectivity index (χ4v) is 1.88. The Morgan fingerprint density at radius 1 is 1.29 bits per heavy atom. The first-order valence-corrected chi connectivity index (χ1v) is 6.27. The Hall–Kier alpha value is -1.35. The largest absolute Gasteiger partial charge is 0.342 e. The number of nitrogens with two attached hydrogens (primary N) is 1. The summed E-state index contributed by atoms with van der Waals surface area (Å²) < 4.78 is 0. The number of likely N-dealkylation sites (N-methyl/N-ethyl adjacent to an activating group) is 1. The van der Waals surface area contributed by atoms with Crippen LogP contribution in [-0.2, 0) is 11.2 Å². The van der Waals surface area contributed by atoms with Gasteiger partial charge in [0.2, 0.25) is 5.91 Å².